The molecular formula is C29H20ClF4N3. The second-order valence-electron chi connectivity index (χ2n) is 8.65. The lowest BCUT2D eigenvalue weighted by molar-refractivity contribution is -0.138. The average molecular weight is 522 g/mol. The van der Waals surface area contributed by atoms with Crippen LogP contribution in [0.25, 0.3) is 22.0 Å². The number of fused-ring (bicyclic) bond motifs is 1. The van der Waals surface area contributed by atoms with Gasteiger partial charge < -0.3 is 5.73 Å². The Morgan fingerprint density at radius 2 is 1.59 bits per heavy atom. The Bertz CT molecular complexity index is 1590. The molecule has 0 fully saturated rings. The quantitative estimate of drug-likeness (QED) is 0.241. The van der Waals surface area contributed by atoms with E-state index in [0.717, 1.165) is 28.6 Å². The Morgan fingerprint density at radius 1 is 0.838 bits per heavy atom. The van der Waals surface area contributed by atoms with Crippen molar-refractivity contribution >= 4 is 22.5 Å². The van der Waals surface area contributed by atoms with Crippen LogP contribution in [0.1, 0.15) is 34.0 Å². The van der Waals surface area contributed by atoms with Crippen LogP contribution < -0.4 is 5.73 Å². The van der Waals surface area contributed by atoms with Crippen molar-refractivity contribution in [2.45, 2.75) is 18.6 Å². The van der Waals surface area contributed by atoms with E-state index < -0.39 is 23.6 Å². The van der Waals surface area contributed by atoms with Crippen LogP contribution in [-0.2, 0) is 12.6 Å². The zero-order chi connectivity index (χ0) is 26.2. The maximum atomic E-state index is 14.0. The normalized spacial score (nSPS) is 12.6. The maximum absolute atomic E-state index is 14.0. The number of hydrogen-bond donors (Lipinski definition) is 1. The molecule has 37 heavy (non-hydrogen) atoms. The van der Waals surface area contributed by atoms with Crippen molar-refractivity contribution in [2.75, 3.05) is 0 Å². The van der Waals surface area contributed by atoms with Crippen molar-refractivity contribution in [1.29, 1.82) is 0 Å². The Kier molecular flexibility index (Phi) is 6.67. The molecule has 0 aliphatic rings. The van der Waals surface area contributed by atoms with E-state index in [4.69, 9.17) is 17.3 Å². The lowest BCUT2D eigenvalue weighted by atomic mass is 9.90. The molecule has 4 aromatic carbocycles. The highest BCUT2D eigenvalue weighted by Gasteiger charge is 2.35. The molecule has 0 spiro atoms. The number of aromatic nitrogens is 2. The topological polar surface area (TPSA) is 51.8 Å². The second-order valence-corrected chi connectivity index (χ2v) is 9.06. The third-order valence-electron chi connectivity index (χ3n) is 6.22. The highest BCUT2D eigenvalue weighted by atomic mass is 35.5. The first-order valence-electron chi connectivity index (χ1n) is 11.4. The van der Waals surface area contributed by atoms with Crippen LogP contribution in [-0.4, -0.2) is 10.2 Å². The molecule has 0 amide bonds. The van der Waals surface area contributed by atoms with Gasteiger partial charge in [-0.15, -0.1) is 5.10 Å². The van der Waals surface area contributed by atoms with Gasteiger partial charge >= 0.3 is 6.18 Å². The minimum atomic E-state index is -4.68. The zero-order valence-electron chi connectivity index (χ0n) is 19.3. The van der Waals surface area contributed by atoms with E-state index in [1.807, 2.05) is 42.5 Å². The maximum Gasteiger partial charge on any atom is 0.416 e. The van der Waals surface area contributed by atoms with Crippen molar-refractivity contribution < 1.29 is 17.6 Å². The summed E-state index contributed by atoms with van der Waals surface area (Å²) in [4.78, 5) is 0. The number of nitrogens with zero attached hydrogens (tertiary/aromatic N) is 2. The minimum Gasteiger partial charge on any atom is -0.320 e. The van der Waals surface area contributed by atoms with Crippen LogP contribution in [0.3, 0.4) is 0 Å². The van der Waals surface area contributed by atoms with Gasteiger partial charge in [-0.05, 0) is 52.6 Å². The summed E-state index contributed by atoms with van der Waals surface area (Å²) in [6.45, 7) is 0. The average Bonchev–Trinajstić information content (AvgIpc) is 2.88. The summed E-state index contributed by atoms with van der Waals surface area (Å²) in [6.07, 6.45) is -4.20. The number of halogens is 5. The van der Waals surface area contributed by atoms with Crippen LogP contribution in [0.4, 0.5) is 17.6 Å². The number of rotatable bonds is 5. The molecular weight excluding hydrogens is 502 g/mol. The van der Waals surface area contributed by atoms with Gasteiger partial charge in [-0.1, -0.05) is 72.3 Å². The van der Waals surface area contributed by atoms with E-state index in [2.05, 4.69) is 10.2 Å². The molecule has 5 aromatic rings. The smallest absolute Gasteiger partial charge is 0.320 e. The summed E-state index contributed by atoms with van der Waals surface area (Å²) in [5.74, 6) is -0.793. The van der Waals surface area contributed by atoms with E-state index in [1.54, 1.807) is 30.3 Å². The Balaban J connectivity index is 1.67. The van der Waals surface area contributed by atoms with Gasteiger partial charge in [-0.25, -0.2) is 4.39 Å². The summed E-state index contributed by atoms with van der Waals surface area (Å²) in [7, 11) is 0. The summed E-state index contributed by atoms with van der Waals surface area (Å²) >= 11 is 6.40. The third-order valence-corrected chi connectivity index (χ3v) is 6.52. The highest BCUT2D eigenvalue weighted by Crippen LogP contribution is 2.38. The van der Waals surface area contributed by atoms with E-state index in [-0.39, 0.29) is 5.56 Å². The largest absolute Gasteiger partial charge is 0.416 e. The molecule has 0 saturated carbocycles. The third kappa shape index (κ3) is 5.05. The molecule has 1 aromatic heterocycles. The molecule has 0 radical (unpaired) electrons. The molecule has 1 heterocycles. The number of benzene rings is 4. The van der Waals surface area contributed by atoms with E-state index in [9.17, 15) is 17.6 Å². The van der Waals surface area contributed by atoms with Gasteiger partial charge in [0.1, 0.15) is 11.3 Å². The van der Waals surface area contributed by atoms with Gasteiger partial charge in [0.15, 0.2) is 0 Å². The molecule has 5 rings (SSSR count). The molecule has 1 atom stereocenters. The monoisotopic (exact) mass is 521 g/mol. The highest BCUT2D eigenvalue weighted by molar-refractivity contribution is 6.35. The summed E-state index contributed by atoms with van der Waals surface area (Å²) < 4.78 is 55.0. The number of hydrogen-bond acceptors (Lipinski definition) is 3. The van der Waals surface area contributed by atoms with Crippen LogP contribution >= 0.6 is 11.6 Å². The van der Waals surface area contributed by atoms with Crippen molar-refractivity contribution in [3.8, 4) is 11.1 Å². The van der Waals surface area contributed by atoms with Gasteiger partial charge in [0.2, 0.25) is 0 Å². The first-order chi connectivity index (χ1) is 17.7. The minimum absolute atomic E-state index is 0.338. The van der Waals surface area contributed by atoms with E-state index in [1.165, 1.54) is 0 Å². The second kappa shape index (κ2) is 9.92. The van der Waals surface area contributed by atoms with Crippen molar-refractivity contribution in [3.63, 3.8) is 0 Å². The van der Waals surface area contributed by atoms with Crippen molar-refractivity contribution in [3.05, 3.63) is 130 Å². The molecule has 1 unspecified atom stereocenters. The number of nitrogens with two attached hydrogens (primary N) is 1. The summed E-state index contributed by atoms with van der Waals surface area (Å²) in [5.41, 5.74) is 9.03. The predicted molar refractivity (Wildman–Crippen MR) is 137 cm³/mol. The van der Waals surface area contributed by atoms with E-state index >= 15 is 0 Å². The fraction of sp³-hybridized carbons (Fsp3) is 0.103. The zero-order valence-corrected chi connectivity index (χ0v) is 20.1. The Morgan fingerprint density at radius 3 is 2.35 bits per heavy atom. The van der Waals surface area contributed by atoms with Gasteiger partial charge in [0.05, 0.1) is 22.3 Å². The molecule has 0 bridgehead atoms. The molecule has 0 aliphatic heterocycles. The van der Waals surface area contributed by atoms with Crippen molar-refractivity contribution in [1.82, 2.24) is 10.2 Å². The molecule has 3 nitrogen and oxygen atoms in total. The molecule has 0 aliphatic carbocycles. The van der Waals surface area contributed by atoms with Crippen LogP contribution in [0.2, 0.25) is 5.02 Å². The molecule has 8 heteroatoms. The van der Waals surface area contributed by atoms with Gasteiger partial charge in [-0.2, -0.15) is 18.3 Å². The van der Waals surface area contributed by atoms with Crippen LogP contribution in [0.5, 0.6) is 0 Å². The molecule has 186 valence electrons. The predicted octanol–water partition coefficient (Wildman–Crippen LogP) is 7.75. The Hall–Kier alpha value is -3.81. The first-order valence-corrected chi connectivity index (χ1v) is 11.8. The number of alkyl halides is 3. The lowest BCUT2D eigenvalue weighted by Gasteiger charge is -2.20. The lowest BCUT2D eigenvalue weighted by Crippen LogP contribution is -2.19. The van der Waals surface area contributed by atoms with Crippen molar-refractivity contribution in [2.24, 2.45) is 5.73 Å². The standard InChI is InChI=1S/C29H20ClF4N3/c30-24-11-5-10-21-26(25(36-37-28(21)24)14-17-6-2-1-3-7-17)18-8-4-9-19(15-18)27(35)22-16-20(31)12-13-23(22)29(32,33)34/h1-13,15-16,27H,14,35H2. The van der Waals surface area contributed by atoms with Gasteiger partial charge in [-0.3, -0.25) is 0 Å². The van der Waals surface area contributed by atoms with Gasteiger partial charge in [0, 0.05) is 17.4 Å². The SMILES string of the molecule is NC(c1cccc(-c2c(Cc3ccccc3)nnc3c(Cl)cccc23)c1)c1cc(F)ccc1C(F)(F)F. The fourth-order valence-corrected chi connectivity index (χ4v) is 4.70. The van der Waals surface area contributed by atoms with Crippen LogP contribution in [0, 0.1) is 5.82 Å². The fourth-order valence-electron chi connectivity index (χ4n) is 4.49. The van der Waals surface area contributed by atoms with Gasteiger partial charge in [0.25, 0.3) is 0 Å². The Labute approximate surface area is 215 Å². The first kappa shape index (κ1) is 24.9. The van der Waals surface area contributed by atoms with E-state index in [0.29, 0.717) is 39.8 Å². The molecule has 2 N–H and O–H groups in total. The van der Waals surface area contributed by atoms with Crippen LogP contribution in [0.15, 0.2) is 91.0 Å². The summed E-state index contributed by atoms with van der Waals surface area (Å²) in [5, 5.41) is 9.99. The molecule has 0 saturated heterocycles. The summed E-state index contributed by atoms with van der Waals surface area (Å²) in [6, 6.07) is 23.1.